The fourth-order valence-electron chi connectivity index (χ4n) is 3.33. The highest BCUT2D eigenvalue weighted by Gasteiger charge is 2.21. The largest absolute Gasteiger partial charge is 0.453 e. The van der Waals surface area contributed by atoms with Gasteiger partial charge in [0.1, 0.15) is 15.3 Å². The Labute approximate surface area is 185 Å². The highest BCUT2D eigenvalue weighted by Crippen LogP contribution is 2.32. The minimum Gasteiger partial charge on any atom is -0.453 e. The van der Waals surface area contributed by atoms with E-state index in [2.05, 4.69) is 5.10 Å². The molecule has 0 aliphatic rings. The molecule has 0 aliphatic carbocycles. The number of para-hydroxylation sites is 2. The number of Topliss-reactive ketones (excluding diaryl/α,β-unsaturated/α-hetero) is 1. The maximum absolute atomic E-state index is 12.6. The van der Waals surface area contributed by atoms with Crippen LogP contribution in [-0.4, -0.2) is 28.1 Å². The van der Waals surface area contributed by atoms with Gasteiger partial charge in [0.15, 0.2) is 12.4 Å². The van der Waals surface area contributed by atoms with E-state index in [1.807, 2.05) is 43.3 Å². The third-order valence-corrected chi connectivity index (χ3v) is 6.27. The van der Waals surface area contributed by atoms with Gasteiger partial charge in [-0.1, -0.05) is 41.9 Å². The van der Waals surface area contributed by atoms with E-state index in [0.29, 0.717) is 15.5 Å². The van der Waals surface area contributed by atoms with Crippen LogP contribution in [0.2, 0.25) is 5.02 Å². The van der Waals surface area contributed by atoms with E-state index in [4.69, 9.17) is 20.8 Å². The Morgan fingerprint density at radius 2 is 1.90 bits per heavy atom. The zero-order valence-electron chi connectivity index (χ0n) is 16.3. The number of furan rings is 1. The van der Waals surface area contributed by atoms with Crippen molar-refractivity contribution in [2.75, 3.05) is 6.61 Å². The second-order valence-electron chi connectivity index (χ2n) is 6.93. The van der Waals surface area contributed by atoms with Crippen LogP contribution in [0.15, 0.2) is 65.1 Å². The third-order valence-electron chi connectivity index (χ3n) is 4.86. The Balaban J connectivity index is 1.37. The molecule has 31 heavy (non-hydrogen) atoms. The monoisotopic (exact) mass is 450 g/mol. The molecule has 5 rings (SSSR count). The van der Waals surface area contributed by atoms with Gasteiger partial charge in [-0.05, 0) is 37.3 Å². The van der Waals surface area contributed by atoms with Crippen LogP contribution in [0.1, 0.15) is 25.9 Å². The van der Waals surface area contributed by atoms with Gasteiger partial charge in [-0.2, -0.15) is 5.10 Å². The Hall–Kier alpha value is -3.42. The summed E-state index contributed by atoms with van der Waals surface area (Å²) in [5.74, 6) is -0.810. The molecule has 6 nitrogen and oxygen atoms in total. The number of thiophene rings is 1. The zero-order chi connectivity index (χ0) is 21.5. The van der Waals surface area contributed by atoms with Gasteiger partial charge in [-0.3, -0.25) is 4.79 Å². The molecule has 0 radical (unpaired) electrons. The van der Waals surface area contributed by atoms with Crippen LogP contribution in [0.25, 0.3) is 26.9 Å². The quantitative estimate of drug-likeness (QED) is 0.248. The molecular weight excluding hydrogens is 436 g/mol. The molecule has 0 bridgehead atoms. The van der Waals surface area contributed by atoms with Crippen molar-refractivity contribution in [1.82, 2.24) is 9.78 Å². The summed E-state index contributed by atoms with van der Waals surface area (Å²) < 4.78 is 12.5. The first-order valence-electron chi connectivity index (χ1n) is 9.44. The molecule has 0 saturated carbocycles. The average molecular weight is 451 g/mol. The molecule has 0 N–H and O–H groups in total. The lowest BCUT2D eigenvalue weighted by Gasteiger charge is -2.04. The number of benzene rings is 2. The van der Waals surface area contributed by atoms with Crippen molar-refractivity contribution in [3.05, 3.63) is 82.0 Å². The minimum atomic E-state index is -0.573. The van der Waals surface area contributed by atoms with Crippen molar-refractivity contribution in [3.8, 4) is 5.69 Å². The van der Waals surface area contributed by atoms with Crippen molar-refractivity contribution in [3.63, 3.8) is 0 Å². The SMILES string of the molecule is Cc1nn(-c2ccccc2Cl)c2sc(C(=O)OCC(=O)c3cc4ccccc4o3)cc12. The van der Waals surface area contributed by atoms with E-state index in [9.17, 15) is 9.59 Å². The molecule has 2 aromatic carbocycles. The van der Waals surface area contributed by atoms with Gasteiger partial charge in [0.05, 0.1) is 16.4 Å². The molecule has 5 aromatic rings. The summed E-state index contributed by atoms with van der Waals surface area (Å²) in [6, 6.07) is 18.0. The van der Waals surface area contributed by atoms with Gasteiger partial charge in [0, 0.05) is 10.8 Å². The number of aromatic nitrogens is 2. The van der Waals surface area contributed by atoms with Gasteiger partial charge in [0.2, 0.25) is 5.78 Å². The molecule has 0 unspecified atom stereocenters. The number of halogens is 1. The maximum Gasteiger partial charge on any atom is 0.348 e. The predicted octanol–water partition coefficient (Wildman–Crippen LogP) is 5.83. The van der Waals surface area contributed by atoms with E-state index in [-0.39, 0.29) is 5.76 Å². The Morgan fingerprint density at radius 3 is 2.71 bits per heavy atom. The zero-order valence-corrected chi connectivity index (χ0v) is 17.9. The Morgan fingerprint density at radius 1 is 1.13 bits per heavy atom. The van der Waals surface area contributed by atoms with Crippen LogP contribution in [0.4, 0.5) is 0 Å². The number of fused-ring (bicyclic) bond motifs is 2. The molecule has 0 spiro atoms. The maximum atomic E-state index is 12.6. The van der Waals surface area contributed by atoms with Crippen LogP contribution < -0.4 is 0 Å². The first kappa shape index (κ1) is 19.5. The average Bonchev–Trinajstić information content (AvgIpc) is 3.47. The van der Waals surface area contributed by atoms with Gasteiger partial charge in [0.25, 0.3) is 0 Å². The second-order valence-corrected chi connectivity index (χ2v) is 8.36. The Kier molecular flexibility index (Phi) is 4.84. The summed E-state index contributed by atoms with van der Waals surface area (Å²) >= 11 is 7.56. The normalized spacial score (nSPS) is 11.3. The first-order chi connectivity index (χ1) is 15.0. The number of aryl methyl sites for hydroxylation is 1. The number of esters is 1. The summed E-state index contributed by atoms with van der Waals surface area (Å²) in [5, 5.41) is 6.75. The van der Waals surface area contributed by atoms with Gasteiger partial charge in [-0.25, -0.2) is 9.48 Å². The van der Waals surface area contributed by atoms with E-state index in [1.54, 1.807) is 28.9 Å². The molecule has 0 aliphatic heterocycles. The summed E-state index contributed by atoms with van der Waals surface area (Å²) in [4.78, 5) is 26.2. The van der Waals surface area contributed by atoms with Crippen molar-refractivity contribution in [2.45, 2.75) is 6.92 Å². The minimum absolute atomic E-state index is 0.163. The molecule has 3 heterocycles. The van der Waals surface area contributed by atoms with Gasteiger partial charge in [-0.15, -0.1) is 11.3 Å². The molecular formula is C23H15ClN2O4S. The topological polar surface area (TPSA) is 74.3 Å². The van der Waals surface area contributed by atoms with Crippen LogP contribution in [-0.2, 0) is 4.74 Å². The summed E-state index contributed by atoms with van der Waals surface area (Å²) in [5.41, 5.74) is 2.11. The van der Waals surface area contributed by atoms with Gasteiger partial charge >= 0.3 is 5.97 Å². The lowest BCUT2D eigenvalue weighted by molar-refractivity contribution is 0.0473. The highest BCUT2D eigenvalue weighted by molar-refractivity contribution is 7.20. The lowest BCUT2D eigenvalue weighted by Crippen LogP contribution is -2.13. The Bertz CT molecular complexity index is 1430. The second kappa shape index (κ2) is 7.68. The molecule has 0 saturated heterocycles. The smallest absolute Gasteiger partial charge is 0.348 e. The number of carbonyl (C=O) groups excluding carboxylic acids is 2. The lowest BCUT2D eigenvalue weighted by atomic mass is 10.2. The van der Waals surface area contributed by atoms with Crippen LogP contribution in [0.3, 0.4) is 0 Å². The first-order valence-corrected chi connectivity index (χ1v) is 10.6. The standard InChI is InChI=1S/C23H15ClN2O4S/c1-13-15-11-21(31-22(15)26(25-13)17-8-4-3-7-16(17)24)23(28)29-12-18(27)20-10-14-6-2-5-9-19(14)30-20/h2-11H,12H2,1H3. The number of carbonyl (C=O) groups is 2. The summed E-state index contributed by atoms with van der Waals surface area (Å²) in [6.45, 7) is 1.46. The molecule has 0 fully saturated rings. The van der Waals surface area contributed by atoms with Crippen LogP contribution >= 0.6 is 22.9 Å². The van der Waals surface area contributed by atoms with E-state index >= 15 is 0 Å². The molecule has 8 heteroatoms. The van der Waals surface area contributed by atoms with Crippen molar-refractivity contribution >= 4 is 55.9 Å². The van der Waals surface area contributed by atoms with Crippen LogP contribution in [0.5, 0.6) is 0 Å². The number of ether oxygens (including phenoxy) is 1. The van der Waals surface area contributed by atoms with Crippen LogP contribution in [0, 0.1) is 6.92 Å². The fourth-order valence-corrected chi connectivity index (χ4v) is 4.61. The van der Waals surface area contributed by atoms with Crippen molar-refractivity contribution in [1.29, 1.82) is 0 Å². The van der Waals surface area contributed by atoms with Crippen molar-refractivity contribution in [2.24, 2.45) is 0 Å². The predicted molar refractivity (Wildman–Crippen MR) is 120 cm³/mol. The number of hydrogen-bond donors (Lipinski definition) is 0. The molecule has 3 aromatic heterocycles. The van der Waals surface area contributed by atoms with E-state index < -0.39 is 18.4 Å². The summed E-state index contributed by atoms with van der Waals surface area (Å²) in [7, 11) is 0. The number of nitrogens with zero attached hydrogens (tertiary/aromatic N) is 2. The molecule has 0 amide bonds. The van der Waals surface area contributed by atoms with Gasteiger partial charge < -0.3 is 9.15 Å². The van der Waals surface area contributed by atoms with E-state index in [0.717, 1.165) is 27.0 Å². The molecule has 154 valence electrons. The fraction of sp³-hybridized carbons (Fsp3) is 0.0870. The number of ketones is 1. The highest BCUT2D eigenvalue weighted by atomic mass is 35.5. The number of rotatable bonds is 5. The van der Waals surface area contributed by atoms with Crippen molar-refractivity contribution < 1.29 is 18.7 Å². The molecule has 0 atom stereocenters. The number of hydrogen-bond acceptors (Lipinski definition) is 6. The van der Waals surface area contributed by atoms with E-state index in [1.165, 1.54) is 11.3 Å². The summed E-state index contributed by atoms with van der Waals surface area (Å²) in [6.07, 6.45) is 0. The third kappa shape index (κ3) is 3.52.